The van der Waals surface area contributed by atoms with Crippen LogP contribution in [0.1, 0.15) is 31.4 Å². The van der Waals surface area contributed by atoms with Gasteiger partial charge in [0.1, 0.15) is 11.4 Å². The van der Waals surface area contributed by atoms with Crippen LogP contribution in [0.15, 0.2) is 18.2 Å². The predicted octanol–water partition coefficient (Wildman–Crippen LogP) is 1.92. The van der Waals surface area contributed by atoms with Crippen molar-refractivity contribution in [3.63, 3.8) is 0 Å². The molecular weight excluding hydrogens is 261 g/mol. The van der Waals surface area contributed by atoms with E-state index in [4.69, 9.17) is 5.26 Å². The molecular formula is C14H14FN3O2. The predicted molar refractivity (Wildman–Crippen MR) is 68.9 cm³/mol. The van der Waals surface area contributed by atoms with E-state index in [2.05, 4.69) is 5.32 Å². The highest BCUT2D eigenvalue weighted by molar-refractivity contribution is 6.06. The van der Waals surface area contributed by atoms with Gasteiger partial charge in [-0.2, -0.15) is 5.26 Å². The lowest BCUT2D eigenvalue weighted by molar-refractivity contribution is -0.131. The van der Waals surface area contributed by atoms with Crippen LogP contribution in [0.3, 0.4) is 0 Å². The number of amides is 3. The Morgan fingerprint density at radius 2 is 2.15 bits per heavy atom. The van der Waals surface area contributed by atoms with E-state index < -0.39 is 17.4 Å². The number of rotatable bonds is 3. The number of carbonyl (C=O) groups is 2. The fraction of sp³-hybridized carbons (Fsp3) is 0.357. The molecule has 2 rings (SSSR count). The summed E-state index contributed by atoms with van der Waals surface area (Å²) in [4.78, 5) is 25.0. The van der Waals surface area contributed by atoms with Crippen molar-refractivity contribution in [2.24, 2.45) is 0 Å². The first kappa shape index (κ1) is 14.0. The molecule has 3 amide bonds. The van der Waals surface area contributed by atoms with Gasteiger partial charge < -0.3 is 5.32 Å². The summed E-state index contributed by atoms with van der Waals surface area (Å²) in [6, 6.07) is 5.21. The van der Waals surface area contributed by atoms with Crippen LogP contribution in [-0.2, 0) is 11.3 Å². The van der Waals surface area contributed by atoms with Crippen LogP contribution >= 0.6 is 0 Å². The molecule has 0 bridgehead atoms. The number of nitrogens with zero attached hydrogens (tertiary/aromatic N) is 2. The second kappa shape index (κ2) is 4.93. The maximum atomic E-state index is 13.7. The molecule has 6 heteroatoms. The minimum absolute atomic E-state index is 0.146. The van der Waals surface area contributed by atoms with E-state index in [1.54, 1.807) is 13.8 Å². The van der Waals surface area contributed by atoms with E-state index in [9.17, 15) is 14.0 Å². The zero-order valence-corrected chi connectivity index (χ0v) is 11.2. The SMILES string of the molecule is CCC1(C)NC(=O)N(Cc2cc(C#N)ccc2F)C1=O. The molecule has 0 aromatic heterocycles. The van der Waals surface area contributed by atoms with Crippen LogP contribution in [0.4, 0.5) is 9.18 Å². The quantitative estimate of drug-likeness (QED) is 0.856. The molecule has 0 saturated carbocycles. The topological polar surface area (TPSA) is 73.2 Å². The Bertz CT molecular complexity index is 623. The van der Waals surface area contributed by atoms with Crippen molar-refractivity contribution >= 4 is 11.9 Å². The molecule has 0 radical (unpaired) electrons. The van der Waals surface area contributed by atoms with Crippen molar-refractivity contribution in [3.8, 4) is 6.07 Å². The van der Waals surface area contributed by atoms with Gasteiger partial charge in [-0.3, -0.25) is 9.69 Å². The summed E-state index contributed by atoms with van der Waals surface area (Å²) in [5.74, 6) is -0.929. The van der Waals surface area contributed by atoms with E-state index in [1.165, 1.54) is 12.1 Å². The summed E-state index contributed by atoms with van der Waals surface area (Å²) in [7, 11) is 0. The highest BCUT2D eigenvalue weighted by atomic mass is 19.1. The maximum absolute atomic E-state index is 13.7. The van der Waals surface area contributed by atoms with Crippen LogP contribution in [-0.4, -0.2) is 22.4 Å². The maximum Gasteiger partial charge on any atom is 0.325 e. The van der Waals surface area contributed by atoms with Crippen molar-refractivity contribution in [2.75, 3.05) is 0 Å². The lowest BCUT2D eigenvalue weighted by atomic mass is 9.99. The number of nitrogens with one attached hydrogen (secondary N) is 1. The molecule has 1 saturated heterocycles. The summed E-state index contributed by atoms with van der Waals surface area (Å²) < 4.78 is 13.7. The summed E-state index contributed by atoms with van der Waals surface area (Å²) in [5.41, 5.74) is -0.514. The highest BCUT2D eigenvalue weighted by Crippen LogP contribution is 2.23. The summed E-state index contributed by atoms with van der Waals surface area (Å²) in [6.07, 6.45) is 0.453. The van der Waals surface area contributed by atoms with Crippen LogP contribution in [0.2, 0.25) is 0 Å². The van der Waals surface area contributed by atoms with Gasteiger partial charge in [-0.05, 0) is 31.5 Å². The number of urea groups is 1. The number of hydrogen-bond acceptors (Lipinski definition) is 3. The molecule has 1 unspecified atom stereocenters. The van der Waals surface area contributed by atoms with Crippen molar-refractivity contribution in [3.05, 3.63) is 35.1 Å². The Labute approximate surface area is 116 Å². The second-order valence-corrected chi connectivity index (χ2v) is 4.93. The number of nitriles is 1. The van der Waals surface area contributed by atoms with Gasteiger partial charge in [-0.15, -0.1) is 0 Å². The fourth-order valence-electron chi connectivity index (χ4n) is 2.07. The number of imide groups is 1. The molecule has 1 atom stereocenters. The lowest BCUT2D eigenvalue weighted by Crippen LogP contribution is -2.43. The third-order valence-electron chi connectivity index (χ3n) is 3.56. The number of carbonyl (C=O) groups excluding carboxylic acids is 2. The van der Waals surface area contributed by atoms with Crippen LogP contribution in [0, 0.1) is 17.1 Å². The molecule has 1 aliphatic rings. The molecule has 1 aliphatic heterocycles. The van der Waals surface area contributed by atoms with Gasteiger partial charge in [0.2, 0.25) is 0 Å². The third kappa shape index (κ3) is 2.23. The minimum atomic E-state index is -0.944. The molecule has 1 aromatic carbocycles. The van der Waals surface area contributed by atoms with E-state index in [0.717, 1.165) is 11.0 Å². The summed E-state index contributed by atoms with van der Waals surface area (Å²) in [5, 5.41) is 11.4. The van der Waals surface area contributed by atoms with Gasteiger partial charge in [0, 0.05) is 5.56 Å². The number of halogens is 1. The van der Waals surface area contributed by atoms with Gasteiger partial charge in [0.05, 0.1) is 18.2 Å². The van der Waals surface area contributed by atoms with Crippen LogP contribution in [0.5, 0.6) is 0 Å². The van der Waals surface area contributed by atoms with Crippen LogP contribution < -0.4 is 5.32 Å². The number of hydrogen-bond donors (Lipinski definition) is 1. The van der Waals surface area contributed by atoms with E-state index in [1.807, 2.05) is 6.07 Å². The normalized spacial score (nSPS) is 21.8. The average molecular weight is 275 g/mol. The molecule has 5 nitrogen and oxygen atoms in total. The van der Waals surface area contributed by atoms with Crippen LogP contribution in [0.25, 0.3) is 0 Å². The average Bonchev–Trinajstić information content (AvgIpc) is 2.65. The Morgan fingerprint density at radius 1 is 1.45 bits per heavy atom. The van der Waals surface area contributed by atoms with E-state index in [-0.39, 0.29) is 23.6 Å². The number of benzene rings is 1. The van der Waals surface area contributed by atoms with Gasteiger partial charge in [-0.25, -0.2) is 9.18 Å². The summed E-state index contributed by atoms with van der Waals surface area (Å²) >= 11 is 0. The molecule has 20 heavy (non-hydrogen) atoms. The van der Waals surface area contributed by atoms with Gasteiger partial charge in [-0.1, -0.05) is 6.92 Å². The molecule has 104 valence electrons. The van der Waals surface area contributed by atoms with Crippen molar-refractivity contribution in [2.45, 2.75) is 32.4 Å². The van der Waals surface area contributed by atoms with Gasteiger partial charge in [0.25, 0.3) is 5.91 Å². The molecule has 1 aromatic rings. The Kier molecular flexibility index (Phi) is 3.45. The molecule has 0 aliphatic carbocycles. The molecule has 0 spiro atoms. The van der Waals surface area contributed by atoms with Gasteiger partial charge >= 0.3 is 6.03 Å². The Balaban J connectivity index is 2.29. The first-order valence-electron chi connectivity index (χ1n) is 6.24. The third-order valence-corrected chi connectivity index (χ3v) is 3.56. The van der Waals surface area contributed by atoms with Crippen molar-refractivity contribution in [1.82, 2.24) is 10.2 Å². The lowest BCUT2D eigenvalue weighted by Gasteiger charge is -2.19. The Hall–Kier alpha value is -2.42. The molecule has 1 fully saturated rings. The smallest absolute Gasteiger partial charge is 0.323 e. The molecule has 1 N–H and O–H groups in total. The Morgan fingerprint density at radius 3 is 2.70 bits per heavy atom. The van der Waals surface area contributed by atoms with Gasteiger partial charge in [0.15, 0.2) is 0 Å². The van der Waals surface area contributed by atoms with E-state index >= 15 is 0 Å². The summed E-state index contributed by atoms with van der Waals surface area (Å²) in [6.45, 7) is 3.25. The monoisotopic (exact) mass is 275 g/mol. The highest BCUT2D eigenvalue weighted by Gasteiger charge is 2.46. The minimum Gasteiger partial charge on any atom is -0.323 e. The zero-order valence-electron chi connectivity index (χ0n) is 11.2. The second-order valence-electron chi connectivity index (χ2n) is 4.93. The fourth-order valence-corrected chi connectivity index (χ4v) is 2.07. The first-order valence-corrected chi connectivity index (χ1v) is 6.24. The first-order chi connectivity index (χ1) is 9.41. The van der Waals surface area contributed by atoms with Crippen molar-refractivity contribution < 1.29 is 14.0 Å². The molecule has 1 heterocycles. The van der Waals surface area contributed by atoms with Crippen molar-refractivity contribution in [1.29, 1.82) is 5.26 Å². The zero-order chi connectivity index (χ0) is 14.9. The largest absolute Gasteiger partial charge is 0.325 e. The standard InChI is InChI=1S/C14H14FN3O2/c1-3-14(2)12(19)18(13(20)17-14)8-10-6-9(7-16)4-5-11(10)15/h4-6H,3,8H2,1-2H3,(H,17,20). The van der Waals surface area contributed by atoms with E-state index in [0.29, 0.717) is 6.42 Å².